The first-order valence-electron chi connectivity index (χ1n) is 4.24. The van der Waals surface area contributed by atoms with Crippen molar-refractivity contribution in [3.8, 4) is 0 Å². The highest BCUT2D eigenvalue weighted by Gasteiger charge is 2.08. The Bertz CT molecular complexity index is 136. The van der Waals surface area contributed by atoms with Gasteiger partial charge >= 0.3 is 0 Å². The summed E-state index contributed by atoms with van der Waals surface area (Å²) in [6.45, 7) is 9.77. The zero-order valence-electron chi connectivity index (χ0n) is 7.76. The quantitative estimate of drug-likeness (QED) is 0.556. The van der Waals surface area contributed by atoms with E-state index < -0.39 is 0 Å². The molecular formula is C10H18O. The summed E-state index contributed by atoms with van der Waals surface area (Å²) in [6, 6.07) is 0. The lowest BCUT2D eigenvalue weighted by Crippen LogP contribution is -2.08. The summed E-state index contributed by atoms with van der Waals surface area (Å²) in [7, 11) is 0. The van der Waals surface area contributed by atoms with Crippen LogP contribution in [0.25, 0.3) is 0 Å². The van der Waals surface area contributed by atoms with Crippen molar-refractivity contribution in [2.75, 3.05) is 0 Å². The Morgan fingerprint density at radius 2 is 1.91 bits per heavy atom. The van der Waals surface area contributed by atoms with Gasteiger partial charge in [0.05, 0.1) is 0 Å². The molecule has 64 valence electrons. The number of carbonyl (C=O) groups is 1. The van der Waals surface area contributed by atoms with Crippen LogP contribution in [0.5, 0.6) is 0 Å². The van der Waals surface area contributed by atoms with Crippen molar-refractivity contribution in [2.45, 2.75) is 33.6 Å². The van der Waals surface area contributed by atoms with Crippen LogP contribution in [0.3, 0.4) is 0 Å². The molecule has 1 atom stereocenters. The summed E-state index contributed by atoms with van der Waals surface area (Å²) >= 11 is 0. The van der Waals surface area contributed by atoms with Gasteiger partial charge in [0, 0.05) is 5.92 Å². The van der Waals surface area contributed by atoms with Gasteiger partial charge in [-0.15, -0.1) is 0 Å². The summed E-state index contributed by atoms with van der Waals surface area (Å²) in [4.78, 5) is 11.0. The predicted octanol–water partition coefficient (Wildman–Crippen LogP) is 2.81. The molecule has 0 radical (unpaired) electrons. The standard InChI is InChI=1S/C10H18O/c1-5-10(11)9(4)7-6-8(2)3/h5,8-9H,1,6-7H2,2-4H3. The van der Waals surface area contributed by atoms with Gasteiger partial charge in [0.15, 0.2) is 5.78 Å². The van der Waals surface area contributed by atoms with Crippen LogP contribution >= 0.6 is 0 Å². The van der Waals surface area contributed by atoms with Crippen molar-refractivity contribution in [3.05, 3.63) is 12.7 Å². The minimum absolute atomic E-state index is 0.162. The predicted molar refractivity (Wildman–Crippen MR) is 48.4 cm³/mol. The Labute approximate surface area is 69.5 Å². The monoisotopic (exact) mass is 154 g/mol. The van der Waals surface area contributed by atoms with Crippen LogP contribution in [0.1, 0.15) is 33.6 Å². The van der Waals surface area contributed by atoms with E-state index in [0.29, 0.717) is 5.92 Å². The molecule has 0 N–H and O–H groups in total. The van der Waals surface area contributed by atoms with Crippen molar-refractivity contribution < 1.29 is 4.79 Å². The molecule has 0 saturated heterocycles. The number of ketones is 1. The Morgan fingerprint density at radius 1 is 1.36 bits per heavy atom. The molecule has 1 heteroatoms. The largest absolute Gasteiger partial charge is 0.295 e. The topological polar surface area (TPSA) is 17.1 Å². The maximum atomic E-state index is 11.0. The Hall–Kier alpha value is -0.590. The van der Waals surface area contributed by atoms with Gasteiger partial charge in [0.25, 0.3) is 0 Å². The SMILES string of the molecule is C=CC(=O)C(C)CCC(C)C. The molecule has 0 aromatic carbocycles. The molecule has 0 aliphatic heterocycles. The van der Waals surface area contributed by atoms with Crippen molar-refractivity contribution >= 4 is 5.78 Å². The van der Waals surface area contributed by atoms with Crippen LogP contribution in [0, 0.1) is 11.8 Å². The minimum atomic E-state index is 0.162. The summed E-state index contributed by atoms with van der Waals surface area (Å²) in [5, 5.41) is 0. The van der Waals surface area contributed by atoms with Crippen LogP contribution in [0.2, 0.25) is 0 Å². The maximum absolute atomic E-state index is 11.0. The second-order valence-electron chi connectivity index (χ2n) is 3.48. The summed E-state index contributed by atoms with van der Waals surface area (Å²) in [5.74, 6) is 1.02. The number of carbonyl (C=O) groups excluding carboxylic acids is 1. The first-order chi connectivity index (χ1) is 5.07. The van der Waals surface area contributed by atoms with Crippen molar-refractivity contribution in [3.63, 3.8) is 0 Å². The average Bonchev–Trinajstić information content (AvgIpc) is 1.98. The first-order valence-corrected chi connectivity index (χ1v) is 4.24. The molecule has 0 heterocycles. The number of allylic oxidation sites excluding steroid dienone is 1. The Morgan fingerprint density at radius 3 is 2.27 bits per heavy atom. The van der Waals surface area contributed by atoms with Gasteiger partial charge < -0.3 is 0 Å². The number of rotatable bonds is 5. The maximum Gasteiger partial charge on any atom is 0.157 e. The lowest BCUT2D eigenvalue weighted by molar-refractivity contribution is -0.117. The molecule has 1 unspecified atom stereocenters. The first kappa shape index (κ1) is 10.4. The number of hydrogen-bond donors (Lipinski definition) is 0. The van der Waals surface area contributed by atoms with E-state index in [1.165, 1.54) is 6.08 Å². The lowest BCUT2D eigenvalue weighted by Gasteiger charge is -2.08. The van der Waals surface area contributed by atoms with Crippen molar-refractivity contribution in [1.82, 2.24) is 0 Å². The minimum Gasteiger partial charge on any atom is -0.295 e. The van der Waals surface area contributed by atoms with Crippen molar-refractivity contribution in [1.29, 1.82) is 0 Å². The zero-order valence-corrected chi connectivity index (χ0v) is 7.76. The Kier molecular flexibility index (Phi) is 4.84. The van der Waals surface area contributed by atoms with Gasteiger partial charge in [-0.2, -0.15) is 0 Å². The summed E-state index contributed by atoms with van der Waals surface area (Å²) in [6.07, 6.45) is 3.54. The highest BCUT2D eigenvalue weighted by Crippen LogP contribution is 2.12. The molecule has 0 rings (SSSR count). The summed E-state index contributed by atoms with van der Waals surface area (Å²) < 4.78 is 0. The molecule has 0 bridgehead atoms. The van der Waals surface area contributed by atoms with Crippen LogP contribution in [-0.4, -0.2) is 5.78 Å². The van der Waals surface area contributed by atoms with E-state index in [1.807, 2.05) is 6.92 Å². The zero-order chi connectivity index (χ0) is 8.85. The molecule has 0 amide bonds. The smallest absolute Gasteiger partial charge is 0.157 e. The molecule has 0 aromatic rings. The molecular weight excluding hydrogens is 136 g/mol. The Balaban J connectivity index is 3.60. The van der Waals surface area contributed by atoms with E-state index in [9.17, 15) is 4.79 Å². The third kappa shape index (κ3) is 4.77. The fraction of sp³-hybridized carbons (Fsp3) is 0.700. The molecule has 11 heavy (non-hydrogen) atoms. The fourth-order valence-electron chi connectivity index (χ4n) is 0.927. The number of hydrogen-bond acceptors (Lipinski definition) is 1. The third-order valence-electron chi connectivity index (χ3n) is 1.86. The molecule has 0 spiro atoms. The van der Waals surface area contributed by atoms with Gasteiger partial charge in [-0.1, -0.05) is 33.8 Å². The normalized spacial score (nSPS) is 13.1. The van der Waals surface area contributed by atoms with Gasteiger partial charge in [0.1, 0.15) is 0 Å². The van der Waals surface area contributed by atoms with Crippen LogP contribution in [-0.2, 0) is 4.79 Å². The third-order valence-corrected chi connectivity index (χ3v) is 1.86. The fourth-order valence-corrected chi connectivity index (χ4v) is 0.927. The van der Waals surface area contributed by atoms with Crippen molar-refractivity contribution in [2.24, 2.45) is 11.8 Å². The van der Waals surface area contributed by atoms with E-state index in [2.05, 4.69) is 20.4 Å². The molecule has 1 nitrogen and oxygen atoms in total. The highest BCUT2D eigenvalue weighted by molar-refractivity contribution is 5.90. The van der Waals surface area contributed by atoms with E-state index in [4.69, 9.17) is 0 Å². The molecule has 0 aliphatic carbocycles. The van der Waals surface area contributed by atoms with Gasteiger partial charge in [-0.3, -0.25) is 4.79 Å². The molecule has 0 aliphatic rings. The summed E-state index contributed by atoms with van der Waals surface area (Å²) in [5.41, 5.74) is 0. The van der Waals surface area contributed by atoms with Crippen LogP contribution in [0.15, 0.2) is 12.7 Å². The second kappa shape index (κ2) is 5.11. The van der Waals surface area contributed by atoms with Crippen LogP contribution in [0.4, 0.5) is 0 Å². The van der Waals surface area contributed by atoms with E-state index >= 15 is 0 Å². The second-order valence-corrected chi connectivity index (χ2v) is 3.48. The van der Waals surface area contributed by atoms with Gasteiger partial charge in [0.2, 0.25) is 0 Å². The van der Waals surface area contributed by atoms with Crippen LogP contribution < -0.4 is 0 Å². The van der Waals surface area contributed by atoms with E-state index in [0.717, 1.165) is 12.8 Å². The molecule has 0 fully saturated rings. The molecule has 0 saturated carbocycles. The van der Waals surface area contributed by atoms with E-state index in [1.54, 1.807) is 0 Å². The lowest BCUT2D eigenvalue weighted by atomic mass is 9.96. The average molecular weight is 154 g/mol. The van der Waals surface area contributed by atoms with E-state index in [-0.39, 0.29) is 11.7 Å². The highest BCUT2D eigenvalue weighted by atomic mass is 16.1. The molecule has 0 aromatic heterocycles. The van der Waals surface area contributed by atoms with Gasteiger partial charge in [-0.25, -0.2) is 0 Å². The van der Waals surface area contributed by atoms with Gasteiger partial charge in [-0.05, 0) is 18.4 Å².